The summed E-state index contributed by atoms with van der Waals surface area (Å²) >= 11 is 0. The van der Waals surface area contributed by atoms with Crippen LogP contribution in [0.3, 0.4) is 0 Å². The molecular weight excluding hydrogens is 377 g/mol. The third-order valence-electron chi connectivity index (χ3n) is 4.95. The Morgan fingerprint density at radius 2 is 1.72 bits per heavy atom. The summed E-state index contributed by atoms with van der Waals surface area (Å²) in [4.78, 5) is 13.0. The second-order valence-corrected chi connectivity index (χ2v) is 7.21. The number of alkyl halides is 3. The van der Waals surface area contributed by atoms with Gasteiger partial charge in [0.25, 0.3) is 5.91 Å². The number of aromatic nitrogens is 1. The number of carbonyl (C=O) groups excluding carboxylic acids is 1. The third-order valence-corrected chi connectivity index (χ3v) is 4.95. The first kappa shape index (κ1) is 20.7. The molecule has 3 nitrogen and oxygen atoms in total. The number of rotatable bonds is 5. The van der Waals surface area contributed by atoms with E-state index >= 15 is 0 Å². The lowest BCUT2D eigenvalue weighted by Crippen LogP contribution is -2.29. The van der Waals surface area contributed by atoms with Crippen LogP contribution in [0.5, 0.6) is 0 Å². The summed E-state index contributed by atoms with van der Waals surface area (Å²) in [6, 6.07) is 16.5. The van der Waals surface area contributed by atoms with Crippen molar-refractivity contribution >= 4 is 5.91 Å². The molecule has 1 atom stereocenters. The molecule has 29 heavy (non-hydrogen) atoms. The quantitative estimate of drug-likeness (QED) is 0.589. The van der Waals surface area contributed by atoms with E-state index in [4.69, 9.17) is 0 Å². The highest BCUT2D eigenvalue weighted by Gasteiger charge is 2.30. The molecular formula is C23H23F3N2O. The minimum absolute atomic E-state index is 0.187. The zero-order valence-corrected chi connectivity index (χ0v) is 16.5. The van der Waals surface area contributed by atoms with Crippen molar-refractivity contribution in [1.82, 2.24) is 9.88 Å². The molecule has 1 aromatic heterocycles. The number of halogens is 3. The fraction of sp³-hybridized carbons (Fsp3) is 0.261. The molecule has 1 heterocycles. The van der Waals surface area contributed by atoms with Crippen molar-refractivity contribution in [2.24, 2.45) is 0 Å². The maximum atomic E-state index is 13.0. The number of hydrogen-bond donors (Lipinski definition) is 1. The number of nitrogens with one attached hydrogen (secondary N) is 1. The number of benzene rings is 2. The monoisotopic (exact) mass is 400 g/mol. The summed E-state index contributed by atoms with van der Waals surface area (Å²) < 4.78 is 40.9. The lowest BCUT2D eigenvalue weighted by Gasteiger charge is -2.17. The Kier molecular flexibility index (Phi) is 5.82. The van der Waals surface area contributed by atoms with Crippen LogP contribution in [0.4, 0.5) is 13.2 Å². The van der Waals surface area contributed by atoms with Crippen molar-refractivity contribution in [1.29, 1.82) is 0 Å². The highest BCUT2D eigenvalue weighted by Crippen LogP contribution is 2.30. The molecule has 0 aliphatic rings. The number of nitrogens with zero attached hydrogens (tertiary/aromatic N) is 1. The SMILES string of the molecule is Cc1cc(C)n(Cc2cccc(C(F)(F)F)c2)c1C(=O)N[C@H](C)c1ccccc1. The van der Waals surface area contributed by atoms with Crippen molar-refractivity contribution in [2.45, 2.75) is 39.5 Å². The third kappa shape index (κ3) is 4.70. The van der Waals surface area contributed by atoms with Gasteiger partial charge in [0, 0.05) is 12.2 Å². The fourth-order valence-corrected chi connectivity index (χ4v) is 3.47. The predicted molar refractivity (Wildman–Crippen MR) is 107 cm³/mol. The fourth-order valence-electron chi connectivity index (χ4n) is 3.47. The van der Waals surface area contributed by atoms with E-state index in [2.05, 4.69) is 5.32 Å². The smallest absolute Gasteiger partial charge is 0.344 e. The molecule has 0 fully saturated rings. The minimum atomic E-state index is -4.40. The molecule has 2 aromatic carbocycles. The van der Waals surface area contributed by atoms with Gasteiger partial charge in [0.1, 0.15) is 5.69 Å². The molecule has 1 N–H and O–H groups in total. The molecule has 0 bridgehead atoms. The molecule has 0 aliphatic heterocycles. The van der Waals surface area contributed by atoms with Crippen molar-refractivity contribution < 1.29 is 18.0 Å². The predicted octanol–water partition coefficient (Wildman–Crippen LogP) is 5.66. The summed E-state index contributed by atoms with van der Waals surface area (Å²) in [6.45, 7) is 5.76. The molecule has 0 spiro atoms. The van der Waals surface area contributed by atoms with Crippen LogP contribution in [0, 0.1) is 13.8 Å². The van der Waals surface area contributed by atoms with Crippen LogP contribution >= 0.6 is 0 Å². The second kappa shape index (κ2) is 8.15. The zero-order chi connectivity index (χ0) is 21.2. The standard InChI is InChI=1S/C23H23F3N2O/c1-15-12-16(2)28(14-18-8-7-11-20(13-18)23(24,25)26)21(15)22(29)27-17(3)19-9-5-4-6-10-19/h4-13,17H,14H2,1-3H3,(H,27,29)/t17-/m1/s1. The van der Waals surface area contributed by atoms with E-state index in [9.17, 15) is 18.0 Å². The maximum Gasteiger partial charge on any atom is 0.416 e. The molecule has 152 valence electrons. The molecule has 0 unspecified atom stereocenters. The van der Waals surface area contributed by atoms with Crippen LogP contribution < -0.4 is 5.32 Å². The Morgan fingerprint density at radius 3 is 2.38 bits per heavy atom. The van der Waals surface area contributed by atoms with E-state index < -0.39 is 11.7 Å². The first-order chi connectivity index (χ1) is 13.7. The summed E-state index contributed by atoms with van der Waals surface area (Å²) in [5.74, 6) is -0.251. The van der Waals surface area contributed by atoms with E-state index in [0.29, 0.717) is 11.3 Å². The van der Waals surface area contributed by atoms with Crippen molar-refractivity contribution in [3.8, 4) is 0 Å². The lowest BCUT2D eigenvalue weighted by molar-refractivity contribution is -0.137. The topological polar surface area (TPSA) is 34.0 Å². The minimum Gasteiger partial charge on any atom is -0.344 e. The Morgan fingerprint density at radius 1 is 1.03 bits per heavy atom. The molecule has 0 saturated carbocycles. The molecule has 6 heteroatoms. The van der Waals surface area contributed by atoms with Crippen LogP contribution in [0.2, 0.25) is 0 Å². The highest BCUT2D eigenvalue weighted by atomic mass is 19.4. The van der Waals surface area contributed by atoms with Crippen molar-refractivity contribution in [2.75, 3.05) is 0 Å². The van der Waals surface area contributed by atoms with Gasteiger partial charge in [-0.15, -0.1) is 0 Å². The molecule has 3 aromatic rings. The van der Waals surface area contributed by atoms with Crippen molar-refractivity contribution in [3.63, 3.8) is 0 Å². The van der Waals surface area contributed by atoms with Gasteiger partial charge in [0.2, 0.25) is 0 Å². The maximum absolute atomic E-state index is 13.0. The van der Waals surface area contributed by atoms with E-state index in [1.807, 2.05) is 57.2 Å². The summed E-state index contributed by atoms with van der Waals surface area (Å²) in [7, 11) is 0. The van der Waals surface area contributed by atoms with Crippen LogP contribution in [-0.2, 0) is 12.7 Å². The van der Waals surface area contributed by atoms with Crippen LogP contribution in [-0.4, -0.2) is 10.5 Å². The molecule has 1 amide bonds. The molecule has 3 rings (SSSR count). The summed E-state index contributed by atoms with van der Waals surface area (Å²) in [5, 5.41) is 2.99. The Bertz CT molecular complexity index is 1010. The number of hydrogen-bond acceptors (Lipinski definition) is 1. The summed E-state index contributed by atoms with van der Waals surface area (Å²) in [6.07, 6.45) is -4.40. The molecule has 0 radical (unpaired) electrons. The van der Waals surface area contributed by atoms with E-state index in [0.717, 1.165) is 29.0 Å². The van der Waals surface area contributed by atoms with Gasteiger partial charge in [0.05, 0.1) is 11.6 Å². The van der Waals surface area contributed by atoms with Gasteiger partial charge in [0.15, 0.2) is 0 Å². The van der Waals surface area contributed by atoms with Crippen LogP contribution in [0.15, 0.2) is 60.7 Å². The Labute approximate surface area is 168 Å². The Balaban J connectivity index is 1.88. The Hall–Kier alpha value is -3.02. The number of aryl methyl sites for hydroxylation is 2. The van der Waals surface area contributed by atoms with Gasteiger partial charge in [-0.25, -0.2) is 0 Å². The first-order valence-corrected chi connectivity index (χ1v) is 9.35. The number of carbonyl (C=O) groups is 1. The van der Waals surface area contributed by atoms with Gasteiger partial charge < -0.3 is 9.88 Å². The lowest BCUT2D eigenvalue weighted by atomic mass is 10.1. The summed E-state index contributed by atoms with van der Waals surface area (Å²) in [5.41, 5.74) is 2.84. The van der Waals surface area contributed by atoms with Gasteiger partial charge >= 0.3 is 6.18 Å². The second-order valence-electron chi connectivity index (χ2n) is 7.21. The first-order valence-electron chi connectivity index (χ1n) is 9.35. The largest absolute Gasteiger partial charge is 0.416 e. The number of amides is 1. The molecule has 0 aliphatic carbocycles. The van der Waals surface area contributed by atoms with Crippen LogP contribution in [0.1, 0.15) is 51.4 Å². The van der Waals surface area contributed by atoms with E-state index in [-0.39, 0.29) is 18.5 Å². The van der Waals surface area contributed by atoms with Crippen molar-refractivity contribution in [3.05, 3.63) is 94.3 Å². The highest BCUT2D eigenvalue weighted by molar-refractivity contribution is 5.94. The normalized spacial score (nSPS) is 12.6. The average molecular weight is 400 g/mol. The zero-order valence-electron chi connectivity index (χ0n) is 16.5. The van der Waals surface area contributed by atoms with Crippen LogP contribution in [0.25, 0.3) is 0 Å². The van der Waals surface area contributed by atoms with Gasteiger partial charge in [-0.05, 0) is 55.7 Å². The van der Waals surface area contributed by atoms with Gasteiger partial charge in [-0.3, -0.25) is 4.79 Å². The van der Waals surface area contributed by atoms with Gasteiger partial charge in [-0.1, -0.05) is 42.5 Å². The van der Waals surface area contributed by atoms with E-state index in [1.165, 1.54) is 6.07 Å². The molecule has 0 saturated heterocycles. The van der Waals surface area contributed by atoms with Gasteiger partial charge in [-0.2, -0.15) is 13.2 Å². The average Bonchev–Trinajstić information content (AvgIpc) is 2.95. The van der Waals surface area contributed by atoms with E-state index in [1.54, 1.807) is 10.6 Å².